The molecule has 2 amide bonds. The number of nitrogens with one attached hydrogen (secondary N) is 1. The lowest BCUT2D eigenvalue weighted by molar-refractivity contribution is -0.122. The van der Waals surface area contributed by atoms with Gasteiger partial charge < -0.3 is 9.47 Å². The minimum absolute atomic E-state index is 0.00159. The van der Waals surface area contributed by atoms with E-state index >= 15 is 0 Å². The topological polar surface area (TPSA) is 67.9 Å². The zero-order chi connectivity index (χ0) is 22.7. The molecular weight excluding hydrogens is 504 g/mol. The van der Waals surface area contributed by atoms with Gasteiger partial charge in [0.25, 0.3) is 11.8 Å². The normalized spacial score (nSPS) is 15.3. The van der Waals surface area contributed by atoms with Crippen molar-refractivity contribution in [3.8, 4) is 11.5 Å². The van der Waals surface area contributed by atoms with Crippen molar-refractivity contribution in [2.45, 2.75) is 20.8 Å². The Labute approximate surface area is 199 Å². The fraction of sp³-hybridized carbons (Fsp3) is 0.227. The standard InChI is InChI=1S/C22H20BrClN2O4S/c1-4-29-18-10-13(15(23)11-19(18)30-5-2)9-14-20(27)25-22(31)26(21(14)28)17-8-6-7-16(24)12(17)3/h6-11H,4-5H2,1-3H3,(H,25,27,31)/b14-9+. The van der Waals surface area contributed by atoms with Crippen LogP contribution in [0, 0.1) is 6.92 Å². The number of carbonyl (C=O) groups excluding carboxylic acids is 2. The zero-order valence-corrected chi connectivity index (χ0v) is 20.3. The van der Waals surface area contributed by atoms with E-state index in [0.717, 1.165) is 0 Å². The number of halogens is 2. The highest BCUT2D eigenvalue weighted by Crippen LogP contribution is 2.36. The quantitative estimate of drug-likeness (QED) is 0.326. The molecule has 2 aromatic rings. The average Bonchev–Trinajstić information content (AvgIpc) is 2.71. The number of nitrogens with zero attached hydrogens (tertiary/aromatic N) is 1. The summed E-state index contributed by atoms with van der Waals surface area (Å²) in [6, 6.07) is 8.63. The smallest absolute Gasteiger partial charge is 0.270 e. The highest BCUT2D eigenvalue weighted by atomic mass is 79.9. The van der Waals surface area contributed by atoms with Gasteiger partial charge in [-0.1, -0.05) is 33.6 Å². The Kier molecular flexibility index (Phi) is 7.35. The SMILES string of the molecule is CCOc1cc(Br)c(/C=C2\C(=O)NC(=S)N(c3cccc(Cl)c3C)C2=O)cc1OCC. The molecule has 0 saturated carbocycles. The van der Waals surface area contributed by atoms with Crippen LogP contribution in [-0.2, 0) is 9.59 Å². The van der Waals surface area contributed by atoms with Crippen molar-refractivity contribution in [1.29, 1.82) is 0 Å². The van der Waals surface area contributed by atoms with Crippen molar-refractivity contribution >= 4 is 68.4 Å². The summed E-state index contributed by atoms with van der Waals surface area (Å²) in [5, 5.41) is 3.07. The predicted octanol–water partition coefficient (Wildman–Crippen LogP) is 5.04. The molecule has 1 fully saturated rings. The van der Waals surface area contributed by atoms with E-state index in [1.807, 2.05) is 13.8 Å². The Bertz CT molecular complexity index is 1100. The molecule has 1 aliphatic rings. The summed E-state index contributed by atoms with van der Waals surface area (Å²) >= 11 is 15.0. The molecule has 2 aromatic carbocycles. The summed E-state index contributed by atoms with van der Waals surface area (Å²) in [6.45, 7) is 6.43. The van der Waals surface area contributed by atoms with E-state index in [-0.39, 0.29) is 10.7 Å². The van der Waals surface area contributed by atoms with E-state index in [1.165, 1.54) is 11.0 Å². The van der Waals surface area contributed by atoms with Crippen molar-refractivity contribution in [1.82, 2.24) is 5.32 Å². The number of benzene rings is 2. The third-order valence-electron chi connectivity index (χ3n) is 4.54. The van der Waals surface area contributed by atoms with Gasteiger partial charge in [0.15, 0.2) is 16.6 Å². The largest absolute Gasteiger partial charge is 0.490 e. The second kappa shape index (κ2) is 9.80. The Morgan fingerprint density at radius 2 is 1.81 bits per heavy atom. The van der Waals surface area contributed by atoms with Crippen LogP contribution in [0.5, 0.6) is 11.5 Å². The summed E-state index contributed by atoms with van der Waals surface area (Å²) in [4.78, 5) is 27.2. The maximum Gasteiger partial charge on any atom is 0.270 e. The molecule has 0 aliphatic carbocycles. The Morgan fingerprint density at radius 3 is 2.45 bits per heavy atom. The number of anilines is 1. The molecule has 31 heavy (non-hydrogen) atoms. The number of rotatable bonds is 6. The predicted molar refractivity (Wildman–Crippen MR) is 129 cm³/mol. The number of ether oxygens (including phenoxy) is 2. The molecule has 0 radical (unpaired) electrons. The van der Waals surface area contributed by atoms with Crippen LogP contribution in [0.3, 0.4) is 0 Å². The first kappa shape index (κ1) is 23.2. The van der Waals surface area contributed by atoms with Gasteiger partial charge >= 0.3 is 0 Å². The van der Waals surface area contributed by atoms with E-state index in [9.17, 15) is 9.59 Å². The first-order valence-electron chi connectivity index (χ1n) is 9.54. The van der Waals surface area contributed by atoms with Gasteiger partial charge in [0.1, 0.15) is 5.57 Å². The molecule has 0 spiro atoms. The monoisotopic (exact) mass is 522 g/mol. The molecule has 6 nitrogen and oxygen atoms in total. The van der Waals surface area contributed by atoms with E-state index < -0.39 is 11.8 Å². The number of hydrogen-bond donors (Lipinski definition) is 1. The van der Waals surface area contributed by atoms with Crippen molar-refractivity contribution in [3.05, 3.63) is 56.5 Å². The van der Waals surface area contributed by atoms with E-state index in [2.05, 4.69) is 21.2 Å². The Hall–Kier alpha value is -2.42. The van der Waals surface area contributed by atoms with Crippen LogP contribution in [0.15, 0.2) is 40.4 Å². The average molecular weight is 524 g/mol. The molecule has 3 rings (SSSR count). The first-order chi connectivity index (χ1) is 14.8. The van der Waals surface area contributed by atoms with Crippen LogP contribution in [0.1, 0.15) is 25.0 Å². The van der Waals surface area contributed by atoms with Gasteiger partial charge in [0.2, 0.25) is 0 Å². The van der Waals surface area contributed by atoms with Gasteiger partial charge in [-0.3, -0.25) is 19.8 Å². The fourth-order valence-corrected chi connectivity index (χ4v) is 3.95. The molecule has 0 aromatic heterocycles. The second-order valence-electron chi connectivity index (χ2n) is 6.53. The van der Waals surface area contributed by atoms with Crippen molar-refractivity contribution < 1.29 is 19.1 Å². The molecule has 0 unspecified atom stereocenters. The molecule has 0 atom stereocenters. The Balaban J connectivity index is 2.08. The van der Waals surface area contributed by atoms with Crippen LogP contribution < -0.4 is 19.7 Å². The number of hydrogen-bond acceptors (Lipinski definition) is 5. The maximum absolute atomic E-state index is 13.3. The van der Waals surface area contributed by atoms with Crippen LogP contribution in [0.2, 0.25) is 5.02 Å². The molecule has 1 N–H and O–H groups in total. The molecule has 1 aliphatic heterocycles. The summed E-state index contributed by atoms with van der Waals surface area (Å²) in [6.07, 6.45) is 1.49. The van der Waals surface area contributed by atoms with Crippen molar-refractivity contribution in [2.24, 2.45) is 0 Å². The zero-order valence-electron chi connectivity index (χ0n) is 17.1. The third kappa shape index (κ3) is 4.76. The lowest BCUT2D eigenvalue weighted by Gasteiger charge is -2.30. The summed E-state index contributed by atoms with van der Waals surface area (Å²) < 4.78 is 11.9. The van der Waals surface area contributed by atoms with E-state index in [1.54, 1.807) is 37.3 Å². The molecule has 0 bridgehead atoms. The van der Waals surface area contributed by atoms with Gasteiger partial charge in [-0.15, -0.1) is 0 Å². The van der Waals surface area contributed by atoms with E-state index in [4.69, 9.17) is 33.3 Å². The van der Waals surface area contributed by atoms with Gasteiger partial charge in [0, 0.05) is 9.50 Å². The highest BCUT2D eigenvalue weighted by Gasteiger charge is 2.35. The fourth-order valence-electron chi connectivity index (χ4n) is 3.07. The maximum atomic E-state index is 13.3. The van der Waals surface area contributed by atoms with Gasteiger partial charge in [-0.25, -0.2) is 0 Å². The minimum Gasteiger partial charge on any atom is -0.490 e. The van der Waals surface area contributed by atoms with Gasteiger partial charge in [-0.2, -0.15) is 0 Å². The van der Waals surface area contributed by atoms with Crippen LogP contribution in [-0.4, -0.2) is 30.1 Å². The Morgan fingerprint density at radius 1 is 1.16 bits per heavy atom. The molecule has 162 valence electrons. The summed E-state index contributed by atoms with van der Waals surface area (Å²) in [7, 11) is 0. The number of thiocarbonyl (C=S) groups is 1. The molecular formula is C22H20BrClN2O4S. The summed E-state index contributed by atoms with van der Waals surface area (Å²) in [5.74, 6) is -0.0428. The lowest BCUT2D eigenvalue weighted by Crippen LogP contribution is -2.54. The third-order valence-corrected chi connectivity index (χ3v) is 5.93. The van der Waals surface area contributed by atoms with Crippen LogP contribution in [0.25, 0.3) is 6.08 Å². The van der Waals surface area contributed by atoms with E-state index in [0.29, 0.717) is 51.0 Å². The minimum atomic E-state index is -0.579. The summed E-state index contributed by atoms with van der Waals surface area (Å²) in [5.41, 5.74) is 1.70. The second-order valence-corrected chi connectivity index (χ2v) is 8.18. The lowest BCUT2D eigenvalue weighted by atomic mass is 10.1. The number of carbonyl (C=O) groups is 2. The van der Waals surface area contributed by atoms with Crippen LogP contribution >= 0.6 is 39.7 Å². The first-order valence-corrected chi connectivity index (χ1v) is 11.1. The molecule has 1 saturated heterocycles. The molecule has 1 heterocycles. The highest BCUT2D eigenvalue weighted by molar-refractivity contribution is 9.10. The molecule has 9 heteroatoms. The van der Waals surface area contributed by atoms with Crippen molar-refractivity contribution in [2.75, 3.05) is 18.1 Å². The van der Waals surface area contributed by atoms with Crippen molar-refractivity contribution in [3.63, 3.8) is 0 Å². The number of amides is 2. The van der Waals surface area contributed by atoms with Gasteiger partial charge in [0.05, 0.1) is 18.9 Å². The van der Waals surface area contributed by atoms with Crippen LogP contribution in [0.4, 0.5) is 5.69 Å². The van der Waals surface area contributed by atoms with Gasteiger partial charge in [-0.05, 0) is 74.5 Å².